The molecule has 4 rings (SSSR count). The van der Waals surface area contributed by atoms with E-state index in [1.54, 1.807) is 54.6 Å². The first-order chi connectivity index (χ1) is 15.9. The molecule has 33 heavy (non-hydrogen) atoms. The minimum atomic E-state index is -1.29. The zero-order valence-electron chi connectivity index (χ0n) is 17.4. The molecule has 0 radical (unpaired) electrons. The number of nitrogens with one attached hydrogen (secondary N) is 2. The lowest BCUT2D eigenvalue weighted by atomic mass is 10.00. The third-order valence-electron chi connectivity index (χ3n) is 5.42. The summed E-state index contributed by atoms with van der Waals surface area (Å²) in [4.78, 5) is 50.9. The molecular weight excluding hydrogens is 444 g/mol. The number of hydrogen-bond acceptors (Lipinski definition) is 6. The van der Waals surface area contributed by atoms with E-state index in [4.69, 9.17) is 5.73 Å². The molecule has 5 N–H and O–H groups in total. The van der Waals surface area contributed by atoms with Gasteiger partial charge in [-0.3, -0.25) is 19.3 Å². The minimum Gasteiger partial charge on any atom is -0.477 e. The maximum Gasteiger partial charge on any atom is 0.352 e. The summed E-state index contributed by atoms with van der Waals surface area (Å²) in [5.41, 5.74) is 7.34. The second-order valence-electron chi connectivity index (χ2n) is 7.63. The molecule has 170 valence electrons. The van der Waals surface area contributed by atoms with Crippen LogP contribution in [0.2, 0.25) is 0 Å². The van der Waals surface area contributed by atoms with Crippen LogP contribution in [0.3, 0.4) is 0 Å². The number of rotatable bonds is 7. The Kier molecular flexibility index (Phi) is 6.47. The zero-order valence-corrected chi connectivity index (χ0v) is 18.2. The number of thioether (sulfide) groups is 1. The number of anilines is 1. The highest BCUT2D eigenvalue weighted by Gasteiger charge is 2.54. The fourth-order valence-corrected chi connectivity index (χ4v) is 5.14. The van der Waals surface area contributed by atoms with E-state index in [9.17, 15) is 24.3 Å². The topological polar surface area (TPSA) is 142 Å². The molecule has 9 nitrogen and oxygen atoms in total. The SMILES string of the molecule is N[C@H](C(=O)N[C@@H]1C(=O)N2C(C(=O)O)=C(CC(=O)Nc3ccccc3)CS[C@@H]12)c1ccccc1. The van der Waals surface area contributed by atoms with Gasteiger partial charge in [0.1, 0.15) is 23.2 Å². The first-order valence-corrected chi connectivity index (χ1v) is 11.3. The summed E-state index contributed by atoms with van der Waals surface area (Å²) in [5.74, 6) is -2.48. The highest BCUT2D eigenvalue weighted by atomic mass is 32.2. The number of carbonyl (C=O) groups is 4. The largest absolute Gasteiger partial charge is 0.477 e. The van der Waals surface area contributed by atoms with Gasteiger partial charge in [0.2, 0.25) is 11.8 Å². The van der Waals surface area contributed by atoms with Crippen LogP contribution in [0.25, 0.3) is 0 Å². The first-order valence-electron chi connectivity index (χ1n) is 10.2. The van der Waals surface area contributed by atoms with Gasteiger partial charge in [0.15, 0.2) is 0 Å². The Morgan fingerprint density at radius 3 is 2.36 bits per heavy atom. The molecule has 0 aromatic heterocycles. The van der Waals surface area contributed by atoms with Crippen LogP contribution in [0.4, 0.5) is 5.69 Å². The van der Waals surface area contributed by atoms with Gasteiger partial charge in [-0.2, -0.15) is 0 Å². The second-order valence-corrected chi connectivity index (χ2v) is 8.74. The van der Waals surface area contributed by atoms with E-state index in [1.807, 2.05) is 6.07 Å². The summed E-state index contributed by atoms with van der Waals surface area (Å²) >= 11 is 1.30. The molecule has 0 bridgehead atoms. The van der Waals surface area contributed by atoms with Crippen molar-refractivity contribution >= 4 is 41.1 Å². The van der Waals surface area contributed by atoms with Crippen LogP contribution in [0.5, 0.6) is 0 Å². The third-order valence-corrected chi connectivity index (χ3v) is 6.76. The van der Waals surface area contributed by atoms with E-state index >= 15 is 0 Å². The number of nitrogens with zero attached hydrogens (tertiary/aromatic N) is 1. The zero-order chi connectivity index (χ0) is 23.5. The maximum atomic E-state index is 12.8. The number of carbonyl (C=O) groups excluding carboxylic acids is 3. The van der Waals surface area contributed by atoms with Crippen molar-refractivity contribution in [2.24, 2.45) is 5.73 Å². The lowest BCUT2D eigenvalue weighted by Gasteiger charge is -2.49. The fourth-order valence-electron chi connectivity index (χ4n) is 3.79. The molecule has 2 aliphatic rings. The number of carboxylic acids is 1. The Morgan fingerprint density at radius 2 is 1.73 bits per heavy atom. The van der Waals surface area contributed by atoms with Crippen molar-refractivity contribution in [1.82, 2.24) is 10.2 Å². The van der Waals surface area contributed by atoms with Crippen molar-refractivity contribution < 1.29 is 24.3 Å². The number of aliphatic carboxylic acids is 1. The molecule has 0 saturated carbocycles. The number of carboxylic acid groups (broad SMARTS) is 1. The number of amides is 3. The molecule has 3 amide bonds. The summed E-state index contributed by atoms with van der Waals surface area (Å²) in [6, 6.07) is 15.7. The molecular formula is C23H22N4O5S. The van der Waals surface area contributed by atoms with E-state index in [-0.39, 0.29) is 23.8 Å². The van der Waals surface area contributed by atoms with Gasteiger partial charge < -0.3 is 21.5 Å². The number of β-lactam (4-membered cyclic amide) rings is 1. The highest BCUT2D eigenvalue weighted by molar-refractivity contribution is 8.00. The van der Waals surface area contributed by atoms with Gasteiger partial charge in [-0.15, -0.1) is 11.8 Å². The second kappa shape index (κ2) is 9.47. The number of fused-ring (bicyclic) bond motifs is 1. The van der Waals surface area contributed by atoms with E-state index in [0.29, 0.717) is 16.8 Å². The van der Waals surface area contributed by atoms with Crippen molar-refractivity contribution in [1.29, 1.82) is 0 Å². The van der Waals surface area contributed by atoms with Gasteiger partial charge in [0.25, 0.3) is 5.91 Å². The van der Waals surface area contributed by atoms with E-state index in [2.05, 4.69) is 10.6 Å². The highest BCUT2D eigenvalue weighted by Crippen LogP contribution is 2.41. The van der Waals surface area contributed by atoms with Crippen LogP contribution in [0, 0.1) is 0 Å². The molecule has 0 unspecified atom stereocenters. The monoisotopic (exact) mass is 466 g/mol. The van der Waals surface area contributed by atoms with E-state index < -0.39 is 35.2 Å². The summed E-state index contributed by atoms with van der Waals surface area (Å²) in [7, 11) is 0. The molecule has 2 aliphatic heterocycles. The van der Waals surface area contributed by atoms with Crippen molar-refractivity contribution in [3.8, 4) is 0 Å². The number of benzene rings is 2. The van der Waals surface area contributed by atoms with E-state index in [0.717, 1.165) is 4.90 Å². The molecule has 2 aromatic carbocycles. The summed E-state index contributed by atoms with van der Waals surface area (Å²) in [5, 5.41) is 14.5. The average molecular weight is 467 g/mol. The lowest BCUT2D eigenvalue weighted by Crippen LogP contribution is -2.71. The third kappa shape index (κ3) is 4.62. The quantitative estimate of drug-likeness (QED) is 0.453. The van der Waals surface area contributed by atoms with Crippen LogP contribution in [-0.2, 0) is 19.2 Å². The first kappa shape index (κ1) is 22.6. The van der Waals surface area contributed by atoms with Gasteiger partial charge in [0.05, 0.1) is 6.42 Å². The molecule has 2 aromatic rings. The summed E-state index contributed by atoms with van der Waals surface area (Å²) < 4.78 is 0. The van der Waals surface area contributed by atoms with Crippen LogP contribution in [-0.4, -0.2) is 50.9 Å². The predicted molar refractivity (Wildman–Crippen MR) is 123 cm³/mol. The van der Waals surface area contributed by atoms with Crippen molar-refractivity contribution in [2.75, 3.05) is 11.1 Å². The van der Waals surface area contributed by atoms with Gasteiger partial charge in [0, 0.05) is 11.4 Å². The van der Waals surface area contributed by atoms with Gasteiger partial charge in [-0.25, -0.2) is 4.79 Å². The van der Waals surface area contributed by atoms with Crippen LogP contribution < -0.4 is 16.4 Å². The Labute approximate surface area is 194 Å². The standard InChI is InChI=1S/C23H22N4O5S/c24-17(13-7-3-1-4-8-13)20(29)26-18-21(30)27-19(23(31)32)14(12-33-22(18)27)11-16(28)25-15-9-5-2-6-10-15/h1-10,17-18,22H,11-12,24H2,(H,25,28)(H,26,29)(H,31,32)/t17-,18+,22-/m0/s1. The fraction of sp³-hybridized carbons (Fsp3) is 0.217. The average Bonchev–Trinajstić information content (AvgIpc) is 2.82. The number of para-hydroxylation sites is 1. The predicted octanol–water partition coefficient (Wildman–Crippen LogP) is 1.45. The molecule has 2 heterocycles. The lowest BCUT2D eigenvalue weighted by molar-refractivity contribution is -0.150. The Bertz CT molecular complexity index is 1120. The molecule has 10 heteroatoms. The van der Waals surface area contributed by atoms with E-state index in [1.165, 1.54) is 11.8 Å². The molecule has 1 fully saturated rings. The Balaban J connectivity index is 1.45. The van der Waals surface area contributed by atoms with Crippen molar-refractivity contribution in [3.63, 3.8) is 0 Å². The van der Waals surface area contributed by atoms with Crippen LogP contribution in [0.15, 0.2) is 71.9 Å². The Morgan fingerprint density at radius 1 is 1.09 bits per heavy atom. The molecule has 1 saturated heterocycles. The molecule has 3 atom stereocenters. The molecule has 0 spiro atoms. The van der Waals surface area contributed by atoms with Crippen molar-refractivity contribution in [2.45, 2.75) is 23.9 Å². The normalized spacial score (nSPS) is 20.4. The van der Waals surface area contributed by atoms with Gasteiger partial charge >= 0.3 is 5.97 Å². The summed E-state index contributed by atoms with van der Waals surface area (Å²) in [6.07, 6.45) is -0.157. The van der Waals surface area contributed by atoms with Crippen molar-refractivity contribution in [3.05, 3.63) is 77.5 Å². The number of hydrogen-bond donors (Lipinski definition) is 4. The smallest absolute Gasteiger partial charge is 0.352 e. The van der Waals surface area contributed by atoms with Crippen LogP contribution in [0.1, 0.15) is 18.0 Å². The van der Waals surface area contributed by atoms with Gasteiger partial charge in [-0.05, 0) is 23.3 Å². The minimum absolute atomic E-state index is 0.157. The summed E-state index contributed by atoms with van der Waals surface area (Å²) in [6.45, 7) is 0. The van der Waals surface area contributed by atoms with Gasteiger partial charge in [-0.1, -0.05) is 48.5 Å². The van der Waals surface area contributed by atoms with Crippen LogP contribution >= 0.6 is 11.8 Å². The maximum absolute atomic E-state index is 12.8. The molecule has 0 aliphatic carbocycles. The number of nitrogens with two attached hydrogens (primary N) is 1. The Hall–Kier alpha value is -3.63.